The fraction of sp³-hybridized carbons (Fsp3) is 0.111. The molecule has 2 aromatic rings. The summed E-state index contributed by atoms with van der Waals surface area (Å²) in [5.41, 5.74) is 1.73. The first-order chi connectivity index (χ1) is 10.6. The standard InChI is InChI=1S/C18H16O4/c19-17(20)12-16(11-14-7-3-1-4-8-14)18(21)22-13-15-9-5-2-6-10-15/h1-11H,12-13H2,(H,19,20). The molecule has 0 unspecified atom stereocenters. The summed E-state index contributed by atoms with van der Waals surface area (Å²) in [7, 11) is 0. The zero-order chi connectivity index (χ0) is 15.8. The lowest BCUT2D eigenvalue weighted by Gasteiger charge is -2.07. The van der Waals surface area contributed by atoms with Crippen LogP contribution in [0.5, 0.6) is 0 Å². The average Bonchev–Trinajstić information content (AvgIpc) is 2.53. The average molecular weight is 296 g/mol. The van der Waals surface area contributed by atoms with E-state index in [4.69, 9.17) is 9.84 Å². The minimum Gasteiger partial charge on any atom is -0.481 e. The number of hydrogen-bond donors (Lipinski definition) is 1. The van der Waals surface area contributed by atoms with Crippen LogP contribution >= 0.6 is 0 Å². The van der Waals surface area contributed by atoms with E-state index in [1.54, 1.807) is 18.2 Å². The summed E-state index contributed by atoms with van der Waals surface area (Å²) in [6.45, 7) is 0.116. The molecule has 0 saturated carbocycles. The number of benzene rings is 2. The molecule has 0 aliphatic rings. The maximum atomic E-state index is 12.1. The molecule has 112 valence electrons. The van der Waals surface area contributed by atoms with Gasteiger partial charge in [-0.1, -0.05) is 60.7 Å². The highest BCUT2D eigenvalue weighted by molar-refractivity contribution is 5.97. The molecule has 0 fully saturated rings. The third-order valence-corrected chi connectivity index (χ3v) is 2.96. The van der Waals surface area contributed by atoms with Crippen molar-refractivity contribution in [3.05, 3.63) is 77.4 Å². The van der Waals surface area contributed by atoms with Gasteiger partial charge in [-0.25, -0.2) is 4.79 Å². The molecule has 0 aliphatic heterocycles. The van der Waals surface area contributed by atoms with Crippen molar-refractivity contribution < 1.29 is 19.4 Å². The second-order valence-corrected chi connectivity index (χ2v) is 4.71. The van der Waals surface area contributed by atoms with Gasteiger partial charge in [0, 0.05) is 5.57 Å². The van der Waals surface area contributed by atoms with Gasteiger partial charge in [0.25, 0.3) is 0 Å². The fourth-order valence-electron chi connectivity index (χ4n) is 1.91. The van der Waals surface area contributed by atoms with Gasteiger partial charge in [-0.15, -0.1) is 0 Å². The molecular weight excluding hydrogens is 280 g/mol. The Morgan fingerprint density at radius 1 is 0.955 bits per heavy atom. The van der Waals surface area contributed by atoms with E-state index in [1.807, 2.05) is 48.5 Å². The molecule has 0 heterocycles. The van der Waals surface area contributed by atoms with Gasteiger partial charge in [-0.05, 0) is 17.2 Å². The topological polar surface area (TPSA) is 63.6 Å². The maximum Gasteiger partial charge on any atom is 0.334 e. The van der Waals surface area contributed by atoms with Gasteiger partial charge < -0.3 is 9.84 Å². The van der Waals surface area contributed by atoms with Gasteiger partial charge in [-0.3, -0.25) is 4.79 Å². The van der Waals surface area contributed by atoms with E-state index in [-0.39, 0.29) is 18.6 Å². The van der Waals surface area contributed by atoms with Crippen LogP contribution in [0.3, 0.4) is 0 Å². The van der Waals surface area contributed by atoms with E-state index in [0.29, 0.717) is 0 Å². The molecule has 22 heavy (non-hydrogen) atoms. The van der Waals surface area contributed by atoms with Crippen LogP contribution in [-0.4, -0.2) is 17.0 Å². The van der Waals surface area contributed by atoms with Crippen LogP contribution in [-0.2, 0) is 20.9 Å². The van der Waals surface area contributed by atoms with Gasteiger partial charge >= 0.3 is 11.9 Å². The minimum atomic E-state index is -1.07. The fourth-order valence-corrected chi connectivity index (χ4v) is 1.91. The molecule has 0 atom stereocenters. The summed E-state index contributed by atoms with van der Waals surface area (Å²) in [5, 5.41) is 8.95. The van der Waals surface area contributed by atoms with Crippen LogP contribution in [0.25, 0.3) is 6.08 Å². The number of rotatable bonds is 6. The summed E-state index contributed by atoms with van der Waals surface area (Å²) in [6, 6.07) is 18.3. The van der Waals surface area contributed by atoms with E-state index < -0.39 is 11.9 Å². The zero-order valence-corrected chi connectivity index (χ0v) is 11.9. The Balaban J connectivity index is 2.09. The van der Waals surface area contributed by atoms with Crippen molar-refractivity contribution in [3.8, 4) is 0 Å². The molecule has 2 aromatic carbocycles. The van der Waals surface area contributed by atoms with E-state index in [9.17, 15) is 9.59 Å². The Hall–Kier alpha value is -2.88. The Labute approximate surface area is 128 Å². The second-order valence-electron chi connectivity index (χ2n) is 4.71. The van der Waals surface area contributed by atoms with Gasteiger partial charge in [-0.2, -0.15) is 0 Å². The Bertz CT molecular complexity index is 660. The number of carboxylic acid groups (broad SMARTS) is 1. The molecule has 4 nitrogen and oxygen atoms in total. The van der Waals surface area contributed by atoms with Crippen molar-refractivity contribution in [2.45, 2.75) is 13.0 Å². The lowest BCUT2D eigenvalue weighted by molar-refractivity contribution is -0.143. The number of carbonyl (C=O) groups excluding carboxylic acids is 1. The molecule has 0 radical (unpaired) electrons. The van der Waals surface area contributed by atoms with E-state index >= 15 is 0 Å². The molecule has 0 aromatic heterocycles. The van der Waals surface area contributed by atoms with Crippen molar-refractivity contribution in [2.24, 2.45) is 0 Å². The highest BCUT2D eigenvalue weighted by Gasteiger charge is 2.15. The van der Waals surface area contributed by atoms with Crippen LogP contribution in [0.4, 0.5) is 0 Å². The predicted octanol–water partition coefficient (Wildman–Crippen LogP) is 3.29. The Morgan fingerprint density at radius 2 is 1.55 bits per heavy atom. The van der Waals surface area contributed by atoms with E-state index in [1.165, 1.54) is 0 Å². The molecule has 0 amide bonds. The highest BCUT2D eigenvalue weighted by Crippen LogP contribution is 2.13. The van der Waals surface area contributed by atoms with Gasteiger partial charge in [0.1, 0.15) is 6.61 Å². The number of hydrogen-bond acceptors (Lipinski definition) is 3. The van der Waals surface area contributed by atoms with Crippen LogP contribution in [0.15, 0.2) is 66.2 Å². The quantitative estimate of drug-likeness (QED) is 0.656. The van der Waals surface area contributed by atoms with Crippen molar-refractivity contribution in [1.82, 2.24) is 0 Å². The molecule has 4 heteroatoms. The largest absolute Gasteiger partial charge is 0.481 e. The van der Waals surface area contributed by atoms with Crippen LogP contribution in [0.2, 0.25) is 0 Å². The van der Waals surface area contributed by atoms with Gasteiger partial charge in [0.2, 0.25) is 0 Å². The van der Waals surface area contributed by atoms with E-state index in [0.717, 1.165) is 11.1 Å². The first-order valence-corrected chi connectivity index (χ1v) is 6.83. The normalized spacial score (nSPS) is 11.0. The molecule has 0 aliphatic carbocycles. The second kappa shape index (κ2) is 7.78. The van der Waals surface area contributed by atoms with Gasteiger partial charge in [0.15, 0.2) is 0 Å². The summed E-state index contributed by atoms with van der Waals surface area (Å²) >= 11 is 0. The highest BCUT2D eigenvalue weighted by atomic mass is 16.5. The summed E-state index contributed by atoms with van der Waals surface area (Å²) in [4.78, 5) is 23.0. The minimum absolute atomic E-state index is 0.116. The third-order valence-electron chi connectivity index (χ3n) is 2.96. The lowest BCUT2D eigenvalue weighted by atomic mass is 10.1. The van der Waals surface area contributed by atoms with Crippen LogP contribution < -0.4 is 0 Å². The van der Waals surface area contributed by atoms with Gasteiger partial charge in [0.05, 0.1) is 6.42 Å². The number of carbonyl (C=O) groups is 2. The monoisotopic (exact) mass is 296 g/mol. The smallest absolute Gasteiger partial charge is 0.334 e. The van der Waals surface area contributed by atoms with Crippen molar-refractivity contribution >= 4 is 18.0 Å². The van der Waals surface area contributed by atoms with Crippen LogP contribution in [0, 0.1) is 0 Å². The summed E-state index contributed by atoms with van der Waals surface area (Å²) < 4.78 is 5.19. The predicted molar refractivity (Wildman–Crippen MR) is 82.9 cm³/mol. The number of carboxylic acids is 1. The van der Waals surface area contributed by atoms with Crippen molar-refractivity contribution in [2.75, 3.05) is 0 Å². The van der Waals surface area contributed by atoms with Crippen molar-refractivity contribution in [1.29, 1.82) is 0 Å². The molecule has 0 spiro atoms. The molecule has 0 bridgehead atoms. The Morgan fingerprint density at radius 3 is 2.14 bits per heavy atom. The van der Waals surface area contributed by atoms with Crippen LogP contribution in [0.1, 0.15) is 17.5 Å². The molecular formula is C18H16O4. The van der Waals surface area contributed by atoms with Crippen molar-refractivity contribution in [3.63, 3.8) is 0 Å². The molecule has 1 N–H and O–H groups in total. The maximum absolute atomic E-state index is 12.1. The molecule has 2 rings (SSSR count). The number of esters is 1. The third kappa shape index (κ3) is 4.90. The Kier molecular flexibility index (Phi) is 5.49. The number of ether oxygens (including phenoxy) is 1. The summed E-state index contributed by atoms with van der Waals surface area (Å²) in [5.74, 6) is -1.69. The summed E-state index contributed by atoms with van der Waals surface area (Å²) in [6.07, 6.45) is 1.17. The number of aliphatic carboxylic acids is 1. The molecule has 0 saturated heterocycles. The van der Waals surface area contributed by atoms with E-state index in [2.05, 4.69) is 0 Å². The first kappa shape index (κ1) is 15.5. The zero-order valence-electron chi connectivity index (χ0n) is 11.9. The lowest BCUT2D eigenvalue weighted by Crippen LogP contribution is -2.11. The SMILES string of the molecule is O=C(O)CC(=Cc1ccccc1)C(=O)OCc1ccccc1. The first-order valence-electron chi connectivity index (χ1n) is 6.83.